The fourth-order valence-corrected chi connectivity index (χ4v) is 3.46. The van der Waals surface area contributed by atoms with Gasteiger partial charge in [-0.25, -0.2) is 0 Å². The molecule has 1 heterocycles. The second-order valence-corrected chi connectivity index (χ2v) is 6.94. The summed E-state index contributed by atoms with van der Waals surface area (Å²) >= 11 is 18.1. The predicted molar refractivity (Wildman–Crippen MR) is 99.7 cm³/mol. The molecule has 0 bridgehead atoms. The Labute approximate surface area is 160 Å². The van der Waals surface area contributed by atoms with Gasteiger partial charge in [-0.15, -0.1) is 0 Å². The average Bonchev–Trinajstić information content (AvgIpc) is 2.61. The van der Waals surface area contributed by atoms with Crippen molar-refractivity contribution in [2.75, 3.05) is 26.2 Å². The molecule has 0 N–H and O–H groups in total. The number of rotatable bonds is 2. The Morgan fingerprint density at radius 3 is 1.76 bits per heavy atom. The van der Waals surface area contributed by atoms with E-state index >= 15 is 0 Å². The molecule has 1 aliphatic rings. The third kappa shape index (κ3) is 3.92. The Bertz CT molecular complexity index is 818. The standard InChI is InChI=1S/C18H15Cl3N2O2/c19-12-5-6-14(16(21)11-12)18(25)23-9-7-22(8-10-23)17(24)13-3-1-2-4-15(13)20/h1-6,11H,7-10H2. The minimum Gasteiger partial charge on any atom is -0.335 e. The number of piperazine rings is 1. The van der Waals surface area contributed by atoms with Crippen LogP contribution in [0.15, 0.2) is 42.5 Å². The molecule has 1 aliphatic heterocycles. The van der Waals surface area contributed by atoms with E-state index in [-0.39, 0.29) is 11.8 Å². The number of carbonyl (C=O) groups is 2. The Balaban J connectivity index is 1.66. The highest BCUT2D eigenvalue weighted by molar-refractivity contribution is 6.36. The Hall–Kier alpha value is -1.75. The van der Waals surface area contributed by atoms with Crippen molar-refractivity contribution in [1.82, 2.24) is 9.80 Å². The molecule has 2 amide bonds. The zero-order chi connectivity index (χ0) is 18.0. The maximum absolute atomic E-state index is 12.6. The van der Waals surface area contributed by atoms with Crippen molar-refractivity contribution in [3.8, 4) is 0 Å². The summed E-state index contributed by atoms with van der Waals surface area (Å²) in [6, 6.07) is 11.8. The lowest BCUT2D eigenvalue weighted by Crippen LogP contribution is -2.50. The second-order valence-electron chi connectivity index (χ2n) is 5.69. The van der Waals surface area contributed by atoms with Crippen LogP contribution in [0.4, 0.5) is 0 Å². The number of hydrogen-bond acceptors (Lipinski definition) is 2. The molecule has 25 heavy (non-hydrogen) atoms. The van der Waals surface area contributed by atoms with E-state index in [1.807, 2.05) is 0 Å². The molecule has 2 aromatic carbocycles. The van der Waals surface area contributed by atoms with E-state index in [0.717, 1.165) is 0 Å². The van der Waals surface area contributed by atoms with Crippen molar-refractivity contribution in [3.05, 3.63) is 68.7 Å². The van der Waals surface area contributed by atoms with Crippen LogP contribution in [0.3, 0.4) is 0 Å². The van der Waals surface area contributed by atoms with E-state index in [1.54, 1.807) is 52.3 Å². The summed E-state index contributed by atoms with van der Waals surface area (Å²) < 4.78 is 0. The third-order valence-corrected chi connectivity index (χ3v) is 5.00. The minimum atomic E-state index is -0.161. The number of benzene rings is 2. The molecular weight excluding hydrogens is 383 g/mol. The van der Waals surface area contributed by atoms with Crippen LogP contribution in [-0.4, -0.2) is 47.8 Å². The van der Waals surface area contributed by atoms with Crippen molar-refractivity contribution in [2.24, 2.45) is 0 Å². The van der Waals surface area contributed by atoms with Gasteiger partial charge in [0.1, 0.15) is 0 Å². The van der Waals surface area contributed by atoms with Gasteiger partial charge in [-0.2, -0.15) is 0 Å². The van der Waals surface area contributed by atoms with Crippen LogP contribution >= 0.6 is 34.8 Å². The summed E-state index contributed by atoms with van der Waals surface area (Å²) in [5, 5.41) is 1.24. The Kier molecular flexibility index (Phi) is 5.52. The lowest BCUT2D eigenvalue weighted by atomic mass is 10.1. The van der Waals surface area contributed by atoms with Gasteiger partial charge in [0.2, 0.25) is 0 Å². The summed E-state index contributed by atoms with van der Waals surface area (Å²) in [7, 11) is 0. The fourth-order valence-electron chi connectivity index (χ4n) is 2.75. The number of hydrogen-bond donors (Lipinski definition) is 0. The molecule has 0 saturated carbocycles. The Morgan fingerprint density at radius 1 is 0.720 bits per heavy atom. The van der Waals surface area contributed by atoms with Gasteiger partial charge in [0, 0.05) is 31.2 Å². The van der Waals surface area contributed by atoms with E-state index in [9.17, 15) is 9.59 Å². The van der Waals surface area contributed by atoms with Gasteiger partial charge in [0.15, 0.2) is 0 Å². The SMILES string of the molecule is O=C(c1ccccc1Cl)N1CCN(C(=O)c2ccc(Cl)cc2Cl)CC1. The summed E-state index contributed by atoms with van der Waals surface area (Å²) in [5.74, 6) is -0.284. The molecule has 3 rings (SSSR count). The van der Waals surface area contributed by atoms with Crippen LogP contribution < -0.4 is 0 Å². The van der Waals surface area contributed by atoms with Gasteiger partial charge >= 0.3 is 0 Å². The van der Waals surface area contributed by atoms with Gasteiger partial charge in [-0.3, -0.25) is 9.59 Å². The highest BCUT2D eigenvalue weighted by atomic mass is 35.5. The summed E-state index contributed by atoms with van der Waals surface area (Å²) in [4.78, 5) is 28.6. The van der Waals surface area contributed by atoms with E-state index in [2.05, 4.69) is 0 Å². The first-order chi connectivity index (χ1) is 12.0. The van der Waals surface area contributed by atoms with Crippen LogP contribution in [0.25, 0.3) is 0 Å². The highest BCUT2D eigenvalue weighted by Crippen LogP contribution is 2.23. The van der Waals surface area contributed by atoms with Gasteiger partial charge in [-0.1, -0.05) is 46.9 Å². The van der Waals surface area contributed by atoms with E-state index in [4.69, 9.17) is 34.8 Å². The lowest BCUT2D eigenvalue weighted by Gasteiger charge is -2.35. The van der Waals surface area contributed by atoms with Crippen molar-refractivity contribution in [1.29, 1.82) is 0 Å². The van der Waals surface area contributed by atoms with Crippen LogP contribution in [0, 0.1) is 0 Å². The van der Waals surface area contributed by atoms with E-state index in [0.29, 0.717) is 52.4 Å². The van der Waals surface area contributed by atoms with Crippen LogP contribution in [-0.2, 0) is 0 Å². The maximum atomic E-state index is 12.6. The average molecular weight is 398 g/mol. The predicted octanol–water partition coefficient (Wildman–Crippen LogP) is 4.25. The maximum Gasteiger partial charge on any atom is 0.255 e. The zero-order valence-corrected chi connectivity index (χ0v) is 15.5. The molecule has 1 fully saturated rings. The fraction of sp³-hybridized carbons (Fsp3) is 0.222. The van der Waals surface area contributed by atoms with Crippen LogP contribution in [0.2, 0.25) is 15.1 Å². The summed E-state index contributed by atoms with van der Waals surface area (Å²) in [5.41, 5.74) is 0.890. The quantitative estimate of drug-likeness (QED) is 0.760. The monoisotopic (exact) mass is 396 g/mol. The van der Waals surface area contributed by atoms with Crippen LogP contribution in [0.1, 0.15) is 20.7 Å². The van der Waals surface area contributed by atoms with Gasteiger partial charge in [-0.05, 0) is 30.3 Å². The van der Waals surface area contributed by atoms with E-state index in [1.165, 1.54) is 0 Å². The molecular formula is C18H15Cl3N2O2. The number of amides is 2. The number of halogens is 3. The van der Waals surface area contributed by atoms with Crippen molar-refractivity contribution < 1.29 is 9.59 Å². The molecule has 0 atom stereocenters. The smallest absolute Gasteiger partial charge is 0.255 e. The normalized spacial score (nSPS) is 14.5. The molecule has 2 aromatic rings. The first kappa shape index (κ1) is 18.1. The molecule has 1 saturated heterocycles. The molecule has 0 spiro atoms. The van der Waals surface area contributed by atoms with Crippen molar-refractivity contribution in [2.45, 2.75) is 0 Å². The molecule has 0 aromatic heterocycles. The molecule has 0 unspecified atom stereocenters. The topological polar surface area (TPSA) is 40.6 Å². The third-order valence-electron chi connectivity index (χ3n) is 4.12. The largest absolute Gasteiger partial charge is 0.335 e. The van der Waals surface area contributed by atoms with Gasteiger partial charge in [0.05, 0.1) is 21.2 Å². The summed E-state index contributed by atoms with van der Waals surface area (Å²) in [6.45, 7) is 1.77. The lowest BCUT2D eigenvalue weighted by molar-refractivity contribution is 0.0535. The number of carbonyl (C=O) groups excluding carboxylic acids is 2. The van der Waals surface area contributed by atoms with Gasteiger partial charge in [0.25, 0.3) is 11.8 Å². The van der Waals surface area contributed by atoms with Gasteiger partial charge < -0.3 is 9.80 Å². The molecule has 0 aliphatic carbocycles. The molecule has 7 heteroatoms. The highest BCUT2D eigenvalue weighted by Gasteiger charge is 2.27. The molecule has 0 radical (unpaired) electrons. The Morgan fingerprint density at radius 2 is 1.24 bits per heavy atom. The van der Waals surface area contributed by atoms with Crippen molar-refractivity contribution in [3.63, 3.8) is 0 Å². The van der Waals surface area contributed by atoms with Crippen LogP contribution in [0.5, 0.6) is 0 Å². The molecule has 4 nitrogen and oxygen atoms in total. The first-order valence-corrected chi connectivity index (χ1v) is 8.89. The minimum absolute atomic E-state index is 0.123. The molecule has 130 valence electrons. The number of nitrogens with zero attached hydrogens (tertiary/aromatic N) is 2. The zero-order valence-electron chi connectivity index (χ0n) is 13.2. The second kappa shape index (κ2) is 7.65. The first-order valence-electron chi connectivity index (χ1n) is 7.75. The summed E-state index contributed by atoms with van der Waals surface area (Å²) in [6.07, 6.45) is 0. The van der Waals surface area contributed by atoms with Crippen molar-refractivity contribution >= 4 is 46.6 Å². The van der Waals surface area contributed by atoms with E-state index < -0.39 is 0 Å².